The Hall–Kier alpha value is -1.73. The first-order chi connectivity index (χ1) is 8.17. The molecule has 0 aliphatic rings. The van der Waals surface area contributed by atoms with E-state index in [0.29, 0.717) is 18.0 Å². The van der Waals surface area contributed by atoms with Gasteiger partial charge in [-0.1, -0.05) is 6.92 Å². The van der Waals surface area contributed by atoms with Crippen molar-refractivity contribution in [2.75, 3.05) is 25.1 Å². The summed E-state index contributed by atoms with van der Waals surface area (Å²) in [5.74, 6) is 0.644. The molecule has 0 aliphatic heterocycles. The van der Waals surface area contributed by atoms with Gasteiger partial charge in [-0.25, -0.2) is 0 Å². The van der Waals surface area contributed by atoms with Crippen LogP contribution in [0.2, 0.25) is 0 Å². The van der Waals surface area contributed by atoms with Crippen LogP contribution in [0.25, 0.3) is 5.65 Å². The van der Waals surface area contributed by atoms with E-state index in [1.165, 1.54) is 6.33 Å². The second-order valence-electron chi connectivity index (χ2n) is 4.33. The Balaban J connectivity index is 2.08. The maximum Gasteiger partial charge on any atom is 0.177 e. The molecule has 0 aliphatic carbocycles. The third kappa shape index (κ3) is 2.51. The minimum absolute atomic E-state index is 0.0919. The predicted octanol–water partition coefficient (Wildman–Crippen LogP) is -0.473. The molecule has 0 unspecified atom stereocenters. The van der Waals surface area contributed by atoms with Crippen LogP contribution in [0.5, 0.6) is 0 Å². The van der Waals surface area contributed by atoms with Crippen LogP contribution >= 0.6 is 0 Å². The quantitative estimate of drug-likeness (QED) is 0.650. The van der Waals surface area contributed by atoms with Crippen molar-refractivity contribution in [3.8, 4) is 0 Å². The normalized spacial score (nSPS) is 11.9. The number of aliphatic hydroxyl groups is 2. The average Bonchev–Trinajstić information content (AvgIpc) is 2.83. The van der Waals surface area contributed by atoms with Crippen molar-refractivity contribution in [3.05, 3.63) is 18.5 Å². The molecule has 0 saturated carbocycles. The Morgan fingerprint density at radius 1 is 1.35 bits per heavy atom. The van der Waals surface area contributed by atoms with Gasteiger partial charge in [0.2, 0.25) is 0 Å². The molecule has 2 aromatic rings. The van der Waals surface area contributed by atoms with Crippen LogP contribution in [-0.2, 0) is 0 Å². The molecule has 2 heterocycles. The van der Waals surface area contributed by atoms with Crippen molar-refractivity contribution in [2.45, 2.75) is 6.92 Å². The van der Waals surface area contributed by atoms with Gasteiger partial charge in [0.1, 0.15) is 12.1 Å². The van der Waals surface area contributed by atoms with E-state index < -0.39 is 5.41 Å². The number of nitrogens with zero attached hydrogens (tertiary/aromatic N) is 4. The van der Waals surface area contributed by atoms with Gasteiger partial charge in [0.05, 0.1) is 13.2 Å². The van der Waals surface area contributed by atoms with Gasteiger partial charge >= 0.3 is 0 Å². The number of aromatic nitrogens is 4. The first kappa shape index (κ1) is 11.7. The highest BCUT2D eigenvalue weighted by Crippen LogP contribution is 2.15. The maximum atomic E-state index is 9.16. The molecule has 0 atom stereocenters. The second-order valence-corrected chi connectivity index (χ2v) is 4.33. The number of fused-ring (bicyclic) bond motifs is 1. The number of aliphatic hydroxyl groups excluding tert-OH is 2. The smallest absolute Gasteiger partial charge is 0.177 e. The Morgan fingerprint density at radius 2 is 2.12 bits per heavy atom. The van der Waals surface area contributed by atoms with Crippen molar-refractivity contribution in [1.29, 1.82) is 0 Å². The van der Waals surface area contributed by atoms with Gasteiger partial charge in [-0.05, 0) is 12.1 Å². The number of nitrogens with one attached hydrogen (secondary N) is 1. The van der Waals surface area contributed by atoms with E-state index in [-0.39, 0.29) is 13.2 Å². The number of hydrogen-bond acceptors (Lipinski definition) is 6. The first-order valence-electron chi connectivity index (χ1n) is 5.29. The van der Waals surface area contributed by atoms with E-state index in [0.717, 1.165) is 0 Å². The number of anilines is 1. The van der Waals surface area contributed by atoms with Crippen molar-refractivity contribution in [2.24, 2.45) is 5.41 Å². The summed E-state index contributed by atoms with van der Waals surface area (Å²) in [7, 11) is 0. The van der Waals surface area contributed by atoms with Crippen LogP contribution in [0.4, 0.5) is 5.82 Å². The Kier molecular flexibility index (Phi) is 3.21. The molecule has 7 heteroatoms. The van der Waals surface area contributed by atoms with Crippen LogP contribution in [0, 0.1) is 5.41 Å². The topological polar surface area (TPSA) is 95.6 Å². The standard InChI is InChI=1S/C10H15N5O2/c1-10(5-16,6-17)4-11-8-2-3-9-13-12-7-15(9)14-8/h2-3,7,16-17H,4-6H2,1H3,(H,11,14). The zero-order chi connectivity index (χ0) is 12.3. The monoisotopic (exact) mass is 237 g/mol. The summed E-state index contributed by atoms with van der Waals surface area (Å²) in [4.78, 5) is 0. The van der Waals surface area contributed by atoms with Crippen LogP contribution in [0.3, 0.4) is 0 Å². The first-order valence-corrected chi connectivity index (χ1v) is 5.29. The van der Waals surface area contributed by atoms with Crippen LogP contribution in [0.1, 0.15) is 6.92 Å². The van der Waals surface area contributed by atoms with E-state index in [4.69, 9.17) is 10.2 Å². The fourth-order valence-corrected chi connectivity index (χ4v) is 1.29. The molecule has 0 aromatic carbocycles. The lowest BCUT2D eigenvalue weighted by Gasteiger charge is -2.24. The van der Waals surface area contributed by atoms with E-state index in [1.54, 1.807) is 23.6 Å². The molecule has 0 amide bonds. The van der Waals surface area contributed by atoms with Crippen molar-refractivity contribution in [3.63, 3.8) is 0 Å². The van der Waals surface area contributed by atoms with Crippen molar-refractivity contribution >= 4 is 11.5 Å². The van der Waals surface area contributed by atoms with Crippen LogP contribution < -0.4 is 5.32 Å². The van der Waals surface area contributed by atoms with E-state index >= 15 is 0 Å². The highest BCUT2D eigenvalue weighted by Gasteiger charge is 2.22. The largest absolute Gasteiger partial charge is 0.396 e. The Bertz CT molecular complexity index is 494. The van der Waals surface area contributed by atoms with Crippen LogP contribution in [0.15, 0.2) is 18.5 Å². The minimum atomic E-state index is -0.566. The number of rotatable bonds is 5. The average molecular weight is 237 g/mol. The predicted molar refractivity (Wildman–Crippen MR) is 61.6 cm³/mol. The third-order valence-corrected chi connectivity index (χ3v) is 2.62. The molecule has 7 nitrogen and oxygen atoms in total. The van der Waals surface area contributed by atoms with Gasteiger partial charge in [-0.3, -0.25) is 0 Å². The van der Waals surface area contributed by atoms with Gasteiger partial charge in [0.15, 0.2) is 5.65 Å². The maximum absolute atomic E-state index is 9.16. The molecule has 2 aromatic heterocycles. The zero-order valence-corrected chi connectivity index (χ0v) is 9.54. The Labute approximate surface area is 98.1 Å². The molecule has 0 saturated heterocycles. The third-order valence-electron chi connectivity index (χ3n) is 2.62. The molecule has 2 rings (SSSR count). The summed E-state index contributed by atoms with van der Waals surface area (Å²) in [6.45, 7) is 2.04. The molecule has 92 valence electrons. The van der Waals surface area contributed by atoms with Gasteiger partial charge in [-0.2, -0.15) is 4.52 Å². The summed E-state index contributed by atoms with van der Waals surface area (Å²) in [6, 6.07) is 3.57. The van der Waals surface area contributed by atoms with Crippen molar-refractivity contribution in [1.82, 2.24) is 19.8 Å². The fourth-order valence-electron chi connectivity index (χ4n) is 1.29. The van der Waals surface area contributed by atoms with Crippen molar-refractivity contribution < 1.29 is 10.2 Å². The molecule has 0 bridgehead atoms. The lowest BCUT2D eigenvalue weighted by atomic mass is 9.93. The van der Waals surface area contributed by atoms with Gasteiger partial charge in [-0.15, -0.1) is 15.3 Å². The molecule has 0 radical (unpaired) electrons. The van der Waals surface area contributed by atoms with Gasteiger partial charge in [0, 0.05) is 12.0 Å². The highest BCUT2D eigenvalue weighted by molar-refractivity contribution is 5.43. The lowest BCUT2D eigenvalue weighted by molar-refractivity contribution is 0.0806. The summed E-state index contributed by atoms with van der Waals surface area (Å²) in [6.07, 6.45) is 1.51. The summed E-state index contributed by atoms with van der Waals surface area (Å²) in [5, 5.41) is 33.2. The lowest BCUT2D eigenvalue weighted by Crippen LogP contribution is -2.34. The highest BCUT2D eigenvalue weighted by atomic mass is 16.3. The van der Waals surface area contributed by atoms with E-state index in [1.807, 2.05) is 0 Å². The molecule has 3 N–H and O–H groups in total. The summed E-state index contributed by atoms with van der Waals surface area (Å²) in [5.41, 5.74) is 0.103. The van der Waals surface area contributed by atoms with Crippen LogP contribution in [-0.4, -0.2) is 49.8 Å². The Morgan fingerprint density at radius 3 is 2.82 bits per heavy atom. The second kappa shape index (κ2) is 4.64. The minimum Gasteiger partial charge on any atom is -0.396 e. The van der Waals surface area contributed by atoms with Gasteiger partial charge < -0.3 is 15.5 Å². The van der Waals surface area contributed by atoms with Gasteiger partial charge in [0.25, 0.3) is 0 Å². The molecular weight excluding hydrogens is 222 g/mol. The molecule has 0 spiro atoms. The molecule has 17 heavy (non-hydrogen) atoms. The molecular formula is C10H15N5O2. The zero-order valence-electron chi connectivity index (χ0n) is 9.54. The number of hydrogen-bond donors (Lipinski definition) is 3. The molecule has 0 fully saturated rings. The fraction of sp³-hybridized carbons (Fsp3) is 0.500. The van der Waals surface area contributed by atoms with E-state index in [2.05, 4.69) is 20.6 Å². The summed E-state index contributed by atoms with van der Waals surface area (Å²) < 4.78 is 1.55. The van der Waals surface area contributed by atoms with E-state index in [9.17, 15) is 0 Å². The SMILES string of the molecule is CC(CO)(CO)CNc1ccc2nncn2n1. The summed E-state index contributed by atoms with van der Waals surface area (Å²) >= 11 is 0.